The number of ketones is 1. The number of Topliss-reactive ketones (excluding diaryl/α,β-unsaturated/α-hetero) is 1. The molecule has 0 spiro atoms. The molecule has 0 N–H and O–H groups in total. The van der Waals surface area contributed by atoms with Crippen molar-refractivity contribution >= 4 is 23.3 Å². The number of rotatable bonds is 4. The van der Waals surface area contributed by atoms with Gasteiger partial charge in [-0.25, -0.2) is 9.07 Å². The summed E-state index contributed by atoms with van der Waals surface area (Å²) in [6.45, 7) is 3.57. The zero-order valence-corrected chi connectivity index (χ0v) is 19.3. The molecule has 1 aromatic heterocycles. The van der Waals surface area contributed by atoms with Gasteiger partial charge in [-0.15, -0.1) is 0 Å². The number of hydrogen-bond acceptors (Lipinski definition) is 5. The van der Waals surface area contributed by atoms with E-state index in [1.807, 2.05) is 0 Å². The topological polar surface area (TPSA) is 73.7 Å². The summed E-state index contributed by atoms with van der Waals surface area (Å²) in [7, 11) is 0. The third-order valence-corrected chi connectivity index (χ3v) is 6.62. The number of carbonyl (C=O) groups is 2. The molecule has 0 radical (unpaired) electrons. The van der Waals surface area contributed by atoms with Gasteiger partial charge >= 0.3 is 0 Å². The molecule has 0 unspecified atom stereocenters. The van der Waals surface area contributed by atoms with Gasteiger partial charge in [0.1, 0.15) is 24.2 Å². The Kier molecular flexibility index (Phi) is 6.00. The fourth-order valence-corrected chi connectivity index (χ4v) is 4.78. The first-order chi connectivity index (χ1) is 16.4. The third kappa shape index (κ3) is 4.14. The van der Waals surface area contributed by atoms with Crippen LogP contribution in [0.4, 0.5) is 4.39 Å². The lowest BCUT2D eigenvalue weighted by atomic mass is 9.88. The number of nitrogens with zero attached hydrogens (tertiary/aromatic N) is 3. The van der Waals surface area contributed by atoms with Crippen LogP contribution in [0.15, 0.2) is 42.5 Å². The number of carbonyl (C=O) groups excluding carboxylic acids is 2. The summed E-state index contributed by atoms with van der Waals surface area (Å²) >= 11 is 6.52. The van der Waals surface area contributed by atoms with Gasteiger partial charge in [-0.05, 0) is 62.2 Å². The summed E-state index contributed by atoms with van der Waals surface area (Å²) in [6, 6.07) is 11.0. The molecule has 0 bridgehead atoms. The van der Waals surface area contributed by atoms with E-state index >= 15 is 0 Å². The Balaban J connectivity index is 1.27. The molecule has 0 aliphatic carbocycles. The summed E-state index contributed by atoms with van der Waals surface area (Å²) in [4.78, 5) is 28.0. The highest BCUT2D eigenvalue weighted by atomic mass is 35.5. The summed E-state index contributed by atoms with van der Waals surface area (Å²) < 4.78 is 25.8. The Labute approximate surface area is 201 Å². The number of piperidine rings is 1. The van der Waals surface area contributed by atoms with E-state index in [0.717, 1.165) is 0 Å². The van der Waals surface area contributed by atoms with E-state index in [9.17, 15) is 14.0 Å². The number of likely N-dealkylation sites (tertiary alicyclic amines) is 1. The Morgan fingerprint density at radius 2 is 1.71 bits per heavy atom. The Hall–Kier alpha value is -3.39. The van der Waals surface area contributed by atoms with Gasteiger partial charge in [0.25, 0.3) is 5.91 Å². The Bertz CT molecular complexity index is 1250. The number of halogens is 2. The van der Waals surface area contributed by atoms with Gasteiger partial charge in [-0.1, -0.05) is 11.6 Å². The SMILES string of the molecule is Cc1nn(-c2ccc(F)cc2)c(Cl)c1C(=O)N1CCC(C(=O)c2ccc3c(c2)OCCO3)CC1. The number of aromatic nitrogens is 2. The van der Waals surface area contributed by atoms with Gasteiger partial charge in [0.15, 0.2) is 17.3 Å². The summed E-state index contributed by atoms with van der Waals surface area (Å²) in [6.07, 6.45) is 1.11. The zero-order chi connectivity index (χ0) is 23.8. The number of benzene rings is 2. The predicted octanol–water partition coefficient (Wildman–Crippen LogP) is 4.48. The molecule has 2 aromatic carbocycles. The maximum absolute atomic E-state index is 13.3. The highest BCUT2D eigenvalue weighted by Crippen LogP contribution is 2.33. The minimum Gasteiger partial charge on any atom is -0.486 e. The van der Waals surface area contributed by atoms with Crippen molar-refractivity contribution < 1.29 is 23.5 Å². The quantitative estimate of drug-likeness (QED) is 0.511. The van der Waals surface area contributed by atoms with Crippen molar-refractivity contribution in [3.63, 3.8) is 0 Å². The van der Waals surface area contributed by atoms with Crippen LogP contribution < -0.4 is 9.47 Å². The monoisotopic (exact) mass is 483 g/mol. The maximum Gasteiger partial charge on any atom is 0.258 e. The molecule has 3 aromatic rings. The van der Waals surface area contributed by atoms with Gasteiger partial charge in [0.05, 0.1) is 16.9 Å². The first kappa shape index (κ1) is 22.4. The van der Waals surface area contributed by atoms with E-state index in [1.54, 1.807) is 42.2 Å². The third-order valence-electron chi connectivity index (χ3n) is 6.27. The lowest BCUT2D eigenvalue weighted by Gasteiger charge is -2.31. The highest BCUT2D eigenvalue weighted by molar-refractivity contribution is 6.33. The smallest absolute Gasteiger partial charge is 0.258 e. The van der Waals surface area contributed by atoms with Crippen LogP contribution in [0, 0.1) is 18.7 Å². The number of fused-ring (bicyclic) bond motifs is 1. The van der Waals surface area contributed by atoms with Crippen LogP contribution >= 0.6 is 11.6 Å². The van der Waals surface area contributed by atoms with Crippen LogP contribution in [0.3, 0.4) is 0 Å². The predicted molar refractivity (Wildman–Crippen MR) is 124 cm³/mol. The first-order valence-corrected chi connectivity index (χ1v) is 11.5. The average Bonchev–Trinajstić information content (AvgIpc) is 3.17. The normalized spacial score (nSPS) is 15.9. The summed E-state index contributed by atoms with van der Waals surface area (Å²) in [5.41, 5.74) is 1.97. The average molecular weight is 484 g/mol. The Morgan fingerprint density at radius 1 is 1.03 bits per heavy atom. The van der Waals surface area contributed by atoms with E-state index < -0.39 is 0 Å². The van der Waals surface area contributed by atoms with Crippen LogP contribution in [0.25, 0.3) is 5.69 Å². The van der Waals surface area contributed by atoms with E-state index in [0.29, 0.717) is 73.2 Å². The zero-order valence-electron chi connectivity index (χ0n) is 18.6. The largest absolute Gasteiger partial charge is 0.486 e. The maximum atomic E-state index is 13.3. The van der Waals surface area contributed by atoms with Crippen molar-refractivity contribution in [3.8, 4) is 17.2 Å². The van der Waals surface area contributed by atoms with Crippen molar-refractivity contribution in [2.45, 2.75) is 19.8 Å². The lowest BCUT2D eigenvalue weighted by molar-refractivity contribution is 0.0649. The molecule has 9 heteroatoms. The molecule has 7 nitrogen and oxygen atoms in total. The highest BCUT2D eigenvalue weighted by Gasteiger charge is 2.32. The second-order valence-electron chi connectivity index (χ2n) is 8.43. The van der Waals surface area contributed by atoms with Crippen molar-refractivity contribution in [2.75, 3.05) is 26.3 Å². The molecule has 2 aliphatic rings. The fraction of sp³-hybridized carbons (Fsp3) is 0.320. The molecule has 0 atom stereocenters. The first-order valence-electron chi connectivity index (χ1n) is 11.2. The minimum atomic E-state index is -0.367. The number of hydrogen-bond donors (Lipinski definition) is 0. The second-order valence-corrected chi connectivity index (χ2v) is 8.79. The molecule has 1 amide bonds. The summed E-state index contributed by atoms with van der Waals surface area (Å²) in [5, 5.41) is 4.57. The van der Waals surface area contributed by atoms with Crippen molar-refractivity contribution in [1.29, 1.82) is 0 Å². The van der Waals surface area contributed by atoms with E-state index in [2.05, 4.69) is 5.10 Å². The minimum absolute atomic E-state index is 0.0439. The molecule has 5 rings (SSSR count). The molecule has 1 saturated heterocycles. The van der Waals surface area contributed by atoms with Crippen LogP contribution in [0.5, 0.6) is 11.5 Å². The van der Waals surface area contributed by atoms with Crippen LogP contribution in [-0.2, 0) is 0 Å². The van der Waals surface area contributed by atoms with Crippen molar-refractivity contribution in [1.82, 2.24) is 14.7 Å². The molecule has 2 aliphatic heterocycles. The molecular weight excluding hydrogens is 461 g/mol. The lowest BCUT2D eigenvalue weighted by Crippen LogP contribution is -2.40. The van der Waals surface area contributed by atoms with Gasteiger partial charge in [-0.3, -0.25) is 9.59 Å². The molecule has 176 valence electrons. The van der Waals surface area contributed by atoms with E-state index in [-0.39, 0.29) is 28.6 Å². The van der Waals surface area contributed by atoms with Crippen LogP contribution in [0.2, 0.25) is 5.15 Å². The van der Waals surface area contributed by atoms with Gasteiger partial charge in [0.2, 0.25) is 0 Å². The van der Waals surface area contributed by atoms with Crippen molar-refractivity contribution in [2.24, 2.45) is 5.92 Å². The Morgan fingerprint density at radius 3 is 2.41 bits per heavy atom. The molecule has 3 heterocycles. The van der Waals surface area contributed by atoms with Crippen LogP contribution in [0.1, 0.15) is 39.3 Å². The molecular formula is C25H23ClFN3O4. The van der Waals surface area contributed by atoms with Crippen LogP contribution in [-0.4, -0.2) is 52.7 Å². The number of aryl methyl sites for hydroxylation is 1. The second kappa shape index (κ2) is 9.10. The van der Waals surface area contributed by atoms with Gasteiger partial charge < -0.3 is 14.4 Å². The fourth-order valence-electron chi connectivity index (χ4n) is 4.43. The molecule has 0 saturated carbocycles. The standard InChI is InChI=1S/C25H23ClFN3O4/c1-15-22(24(26)30(28-15)19-5-3-18(27)4-6-19)25(32)29-10-8-16(9-11-29)23(31)17-2-7-20-21(14-17)34-13-12-33-20/h2-7,14,16H,8-13H2,1H3. The van der Waals surface area contributed by atoms with E-state index in [1.165, 1.54) is 16.8 Å². The van der Waals surface area contributed by atoms with Gasteiger partial charge in [0, 0.05) is 24.6 Å². The number of ether oxygens (including phenoxy) is 2. The molecule has 1 fully saturated rings. The van der Waals surface area contributed by atoms with Crippen molar-refractivity contribution in [3.05, 3.63) is 70.3 Å². The van der Waals surface area contributed by atoms with Gasteiger partial charge in [-0.2, -0.15) is 5.10 Å². The summed E-state index contributed by atoms with van der Waals surface area (Å²) in [5.74, 6) is 0.520. The number of amides is 1. The van der Waals surface area contributed by atoms with E-state index in [4.69, 9.17) is 21.1 Å². The molecule has 34 heavy (non-hydrogen) atoms.